The maximum atomic E-state index is 12.9. The molecule has 8 nitrogen and oxygen atoms in total. The Balaban J connectivity index is 1.69. The summed E-state index contributed by atoms with van der Waals surface area (Å²) in [6, 6.07) is 10.6. The monoisotopic (exact) mass is 465 g/mol. The number of hydrogen-bond donors (Lipinski definition) is 2. The number of sulfonamides is 1. The Labute approximate surface area is 186 Å². The summed E-state index contributed by atoms with van der Waals surface area (Å²) in [5.41, 5.74) is 0.579. The van der Waals surface area contributed by atoms with Gasteiger partial charge in [-0.2, -0.15) is 4.31 Å². The van der Waals surface area contributed by atoms with Crippen molar-refractivity contribution >= 4 is 39.1 Å². The molecule has 2 N–H and O–H groups in total. The number of rotatable bonds is 7. The van der Waals surface area contributed by atoms with Gasteiger partial charge in [0.1, 0.15) is 5.75 Å². The normalized spacial score (nSPS) is 14.6. The highest BCUT2D eigenvalue weighted by atomic mass is 35.5. The van der Waals surface area contributed by atoms with Crippen LogP contribution in [0.15, 0.2) is 47.4 Å². The number of hydrogen-bond acceptors (Lipinski definition) is 5. The van der Waals surface area contributed by atoms with Crippen molar-refractivity contribution in [1.82, 2.24) is 9.62 Å². The predicted molar refractivity (Wildman–Crippen MR) is 118 cm³/mol. The van der Waals surface area contributed by atoms with Crippen LogP contribution in [0.25, 0.3) is 0 Å². The molecule has 10 heteroatoms. The van der Waals surface area contributed by atoms with Crippen molar-refractivity contribution in [3.05, 3.63) is 53.1 Å². The van der Waals surface area contributed by atoms with E-state index < -0.39 is 21.8 Å². The lowest BCUT2D eigenvalue weighted by Crippen LogP contribution is -2.35. The molecular formula is C21H24ClN3O5S. The summed E-state index contributed by atoms with van der Waals surface area (Å²) in [5.74, 6) is -0.636. The van der Waals surface area contributed by atoms with Gasteiger partial charge in [-0.3, -0.25) is 9.59 Å². The fraction of sp³-hybridized carbons (Fsp3) is 0.333. The van der Waals surface area contributed by atoms with Crippen molar-refractivity contribution < 1.29 is 22.7 Å². The van der Waals surface area contributed by atoms with Crippen LogP contribution in [0.3, 0.4) is 0 Å². The third-order valence-electron chi connectivity index (χ3n) is 4.91. The van der Waals surface area contributed by atoms with E-state index in [-0.39, 0.29) is 17.1 Å². The highest BCUT2D eigenvalue weighted by Crippen LogP contribution is 2.29. The number of halogens is 1. The molecule has 2 aromatic carbocycles. The van der Waals surface area contributed by atoms with E-state index >= 15 is 0 Å². The van der Waals surface area contributed by atoms with Crippen molar-refractivity contribution in [1.29, 1.82) is 0 Å². The Kier molecular flexibility index (Phi) is 7.53. The maximum absolute atomic E-state index is 12.9. The number of anilines is 1. The minimum atomic E-state index is -3.66. The molecule has 0 spiro atoms. The minimum absolute atomic E-state index is 0.0794. The Morgan fingerprint density at radius 2 is 1.74 bits per heavy atom. The molecule has 2 amide bonds. The first kappa shape index (κ1) is 23.1. The summed E-state index contributed by atoms with van der Waals surface area (Å²) in [7, 11) is -2.24. The van der Waals surface area contributed by atoms with Crippen molar-refractivity contribution in [2.24, 2.45) is 0 Å². The summed E-state index contributed by atoms with van der Waals surface area (Å²) < 4.78 is 32.6. The Hall–Kier alpha value is -2.62. The maximum Gasteiger partial charge on any atom is 0.251 e. The van der Waals surface area contributed by atoms with Gasteiger partial charge in [-0.15, -0.1) is 0 Å². The number of methoxy groups -OCH3 is 1. The van der Waals surface area contributed by atoms with Crippen molar-refractivity contribution in [3.63, 3.8) is 0 Å². The molecule has 0 aromatic heterocycles. The zero-order valence-electron chi connectivity index (χ0n) is 17.1. The van der Waals surface area contributed by atoms with E-state index in [4.69, 9.17) is 16.3 Å². The largest absolute Gasteiger partial charge is 0.495 e. The zero-order valence-corrected chi connectivity index (χ0v) is 18.6. The molecule has 2 aromatic rings. The molecule has 1 aliphatic rings. The highest BCUT2D eigenvalue weighted by Gasteiger charge is 2.27. The predicted octanol–water partition coefficient (Wildman–Crippen LogP) is 2.89. The fourth-order valence-electron chi connectivity index (χ4n) is 3.26. The molecular weight excluding hydrogens is 442 g/mol. The van der Waals surface area contributed by atoms with Gasteiger partial charge in [-0.05, 0) is 55.3 Å². The summed E-state index contributed by atoms with van der Waals surface area (Å²) in [4.78, 5) is 24.6. The summed E-state index contributed by atoms with van der Waals surface area (Å²) in [6.07, 6.45) is 2.66. The lowest BCUT2D eigenvalue weighted by molar-refractivity contribution is -0.115. The first-order valence-electron chi connectivity index (χ1n) is 9.83. The SMILES string of the molecule is COc1ccc(S(=O)(=O)N2CCCCC2)cc1NC(=O)CNC(=O)c1ccc(Cl)cc1. The van der Waals surface area contributed by atoms with E-state index in [0.717, 1.165) is 19.3 Å². The van der Waals surface area contributed by atoms with Gasteiger partial charge >= 0.3 is 0 Å². The van der Waals surface area contributed by atoms with Crippen LogP contribution < -0.4 is 15.4 Å². The van der Waals surface area contributed by atoms with Crippen LogP contribution in [0.5, 0.6) is 5.75 Å². The minimum Gasteiger partial charge on any atom is -0.495 e. The Morgan fingerprint density at radius 3 is 2.39 bits per heavy atom. The van der Waals surface area contributed by atoms with Gasteiger partial charge in [0.15, 0.2) is 0 Å². The van der Waals surface area contributed by atoms with Crippen LogP contribution in [-0.4, -0.2) is 51.3 Å². The molecule has 0 atom stereocenters. The summed E-state index contributed by atoms with van der Waals surface area (Å²) in [5, 5.41) is 5.62. The van der Waals surface area contributed by atoms with Crippen molar-refractivity contribution in [2.75, 3.05) is 32.1 Å². The number of nitrogens with one attached hydrogen (secondary N) is 2. The highest BCUT2D eigenvalue weighted by molar-refractivity contribution is 7.89. The Bertz CT molecular complexity index is 1050. The van der Waals surface area contributed by atoms with Gasteiger partial charge in [0.25, 0.3) is 5.91 Å². The van der Waals surface area contributed by atoms with Gasteiger partial charge in [0.2, 0.25) is 15.9 Å². The standard InChI is InChI=1S/C21H24ClN3O5S/c1-30-19-10-9-17(31(28,29)25-11-3-2-4-12-25)13-18(19)24-20(26)14-23-21(27)15-5-7-16(22)8-6-15/h5-10,13H,2-4,11-12,14H2,1H3,(H,23,27)(H,24,26). The second kappa shape index (κ2) is 10.1. The molecule has 1 heterocycles. The van der Waals surface area contributed by atoms with Crippen LogP contribution in [0.4, 0.5) is 5.69 Å². The van der Waals surface area contributed by atoms with E-state index in [2.05, 4.69) is 10.6 Å². The van der Waals surface area contributed by atoms with Gasteiger partial charge in [0.05, 0.1) is 24.2 Å². The lowest BCUT2D eigenvalue weighted by Gasteiger charge is -2.26. The average molecular weight is 466 g/mol. The number of carbonyl (C=O) groups is 2. The molecule has 31 heavy (non-hydrogen) atoms. The number of benzene rings is 2. The lowest BCUT2D eigenvalue weighted by atomic mass is 10.2. The molecule has 0 saturated carbocycles. The van der Waals surface area contributed by atoms with Crippen LogP contribution in [0.1, 0.15) is 29.6 Å². The number of nitrogens with zero attached hydrogens (tertiary/aromatic N) is 1. The van der Waals surface area contributed by atoms with Crippen LogP contribution >= 0.6 is 11.6 Å². The first-order valence-corrected chi connectivity index (χ1v) is 11.6. The van der Waals surface area contributed by atoms with E-state index in [9.17, 15) is 18.0 Å². The molecule has 0 aliphatic carbocycles. The number of piperidine rings is 1. The second-order valence-electron chi connectivity index (χ2n) is 7.06. The van der Waals surface area contributed by atoms with Gasteiger partial charge in [-0.25, -0.2) is 8.42 Å². The third-order valence-corrected chi connectivity index (χ3v) is 7.06. The number of amides is 2. The van der Waals surface area contributed by atoms with Crippen molar-refractivity contribution in [3.8, 4) is 5.75 Å². The molecule has 1 fully saturated rings. The van der Waals surface area contributed by atoms with E-state index in [0.29, 0.717) is 29.4 Å². The van der Waals surface area contributed by atoms with E-state index in [1.165, 1.54) is 29.6 Å². The summed E-state index contributed by atoms with van der Waals surface area (Å²) in [6.45, 7) is 0.660. The smallest absolute Gasteiger partial charge is 0.251 e. The van der Waals surface area contributed by atoms with Gasteiger partial charge in [0, 0.05) is 23.7 Å². The molecule has 1 saturated heterocycles. The van der Waals surface area contributed by atoms with Crippen LogP contribution in [0, 0.1) is 0 Å². The summed E-state index contributed by atoms with van der Waals surface area (Å²) >= 11 is 5.80. The van der Waals surface area contributed by atoms with E-state index in [1.807, 2.05) is 0 Å². The second-order valence-corrected chi connectivity index (χ2v) is 9.44. The first-order chi connectivity index (χ1) is 14.8. The molecule has 166 valence electrons. The van der Waals surface area contributed by atoms with Crippen LogP contribution in [-0.2, 0) is 14.8 Å². The molecule has 0 unspecified atom stereocenters. The number of carbonyl (C=O) groups excluding carboxylic acids is 2. The third kappa shape index (κ3) is 5.75. The fourth-order valence-corrected chi connectivity index (χ4v) is 4.93. The molecule has 1 aliphatic heterocycles. The average Bonchev–Trinajstić information content (AvgIpc) is 2.78. The molecule has 0 radical (unpaired) electrons. The quantitative estimate of drug-likeness (QED) is 0.654. The number of ether oxygens (including phenoxy) is 1. The van der Waals surface area contributed by atoms with Crippen molar-refractivity contribution in [2.45, 2.75) is 24.2 Å². The zero-order chi connectivity index (χ0) is 22.4. The van der Waals surface area contributed by atoms with Crippen LogP contribution in [0.2, 0.25) is 5.02 Å². The van der Waals surface area contributed by atoms with Gasteiger partial charge < -0.3 is 15.4 Å². The van der Waals surface area contributed by atoms with Gasteiger partial charge in [-0.1, -0.05) is 18.0 Å². The Morgan fingerprint density at radius 1 is 1.06 bits per heavy atom. The van der Waals surface area contributed by atoms with E-state index in [1.54, 1.807) is 24.3 Å². The molecule has 0 bridgehead atoms. The topological polar surface area (TPSA) is 105 Å². The molecule has 3 rings (SSSR count).